The monoisotopic (exact) mass is 313 g/mol. The zero-order valence-corrected chi connectivity index (χ0v) is 12.3. The molecule has 2 N–H and O–H groups in total. The number of ether oxygens (including phenoxy) is 2. The van der Waals surface area contributed by atoms with Gasteiger partial charge in [-0.15, -0.1) is 0 Å². The van der Waals surface area contributed by atoms with Gasteiger partial charge in [-0.2, -0.15) is 0 Å². The van der Waals surface area contributed by atoms with Gasteiger partial charge < -0.3 is 15.2 Å². The number of para-hydroxylation sites is 1. The number of nitrogens with two attached hydrogens (primary N) is 1. The molecule has 18 heavy (non-hydrogen) atoms. The summed E-state index contributed by atoms with van der Waals surface area (Å²) in [7, 11) is 1.77. The molecule has 0 heterocycles. The lowest BCUT2D eigenvalue weighted by atomic mass is 9.95. The third-order valence-corrected chi connectivity index (χ3v) is 4.09. The Balaban J connectivity index is 2.09. The molecule has 0 bridgehead atoms. The number of methoxy groups -OCH3 is 1. The number of hydrogen-bond acceptors (Lipinski definition) is 3. The third kappa shape index (κ3) is 3.25. The van der Waals surface area contributed by atoms with E-state index < -0.39 is 0 Å². The highest BCUT2D eigenvalue weighted by molar-refractivity contribution is 9.10. The number of halogens is 1. The molecule has 2 rings (SSSR count). The summed E-state index contributed by atoms with van der Waals surface area (Å²) in [4.78, 5) is 0. The Bertz CT molecular complexity index is 397. The largest absolute Gasteiger partial charge is 0.489 e. The molecule has 2 unspecified atom stereocenters. The smallest absolute Gasteiger partial charge is 0.138 e. The topological polar surface area (TPSA) is 44.5 Å². The average Bonchev–Trinajstić information content (AvgIpc) is 2.41. The summed E-state index contributed by atoms with van der Waals surface area (Å²) in [6.07, 6.45) is 4.90. The normalized spacial score (nSPS) is 23.9. The first-order valence-electron chi connectivity index (χ1n) is 6.41. The number of hydrogen-bond donors (Lipinski definition) is 1. The Labute approximate surface area is 117 Å². The van der Waals surface area contributed by atoms with Crippen LogP contribution in [0, 0.1) is 0 Å². The molecule has 0 spiro atoms. The molecule has 1 fully saturated rings. The van der Waals surface area contributed by atoms with Gasteiger partial charge in [-0.3, -0.25) is 0 Å². The zero-order valence-electron chi connectivity index (χ0n) is 10.7. The number of rotatable bonds is 4. The lowest BCUT2D eigenvalue weighted by Crippen LogP contribution is -2.30. The quantitative estimate of drug-likeness (QED) is 0.928. The molecule has 1 saturated carbocycles. The summed E-state index contributed by atoms with van der Waals surface area (Å²) in [6.45, 7) is 0.495. The van der Waals surface area contributed by atoms with Crippen LogP contribution in [0.15, 0.2) is 22.7 Å². The van der Waals surface area contributed by atoms with E-state index in [0.29, 0.717) is 12.6 Å². The van der Waals surface area contributed by atoms with E-state index in [0.717, 1.165) is 41.5 Å². The summed E-state index contributed by atoms with van der Waals surface area (Å²) in [5.74, 6) is 0.891. The molecule has 1 aromatic carbocycles. The molecule has 1 aliphatic rings. The van der Waals surface area contributed by atoms with Gasteiger partial charge in [0.15, 0.2) is 0 Å². The molecule has 4 heteroatoms. The minimum absolute atomic E-state index is 0.229. The van der Waals surface area contributed by atoms with Crippen LogP contribution in [0.5, 0.6) is 5.75 Å². The van der Waals surface area contributed by atoms with Crippen molar-refractivity contribution >= 4 is 15.9 Å². The van der Waals surface area contributed by atoms with E-state index in [-0.39, 0.29) is 6.10 Å². The predicted octanol–water partition coefficient (Wildman–Crippen LogP) is 3.24. The maximum atomic E-state index is 6.13. The molecule has 0 saturated heterocycles. The second-order valence-corrected chi connectivity index (χ2v) is 5.55. The number of benzene rings is 1. The van der Waals surface area contributed by atoms with Crippen LogP contribution in [0.1, 0.15) is 31.2 Å². The first kappa shape index (κ1) is 13.8. The van der Waals surface area contributed by atoms with Crippen LogP contribution in [0.4, 0.5) is 0 Å². The van der Waals surface area contributed by atoms with E-state index in [2.05, 4.69) is 15.9 Å². The Hall–Kier alpha value is -0.580. The van der Waals surface area contributed by atoms with Crippen LogP contribution in [-0.4, -0.2) is 19.3 Å². The molecular formula is C14H20BrNO2. The van der Waals surface area contributed by atoms with Crippen LogP contribution in [0.3, 0.4) is 0 Å². The fraction of sp³-hybridized carbons (Fsp3) is 0.571. The van der Waals surface area contributed by atoms with E-state index in [1.807, 2.05) is 18.2 Å². The standard InChI is InChI=1S/C14H20BrNO2/c1-17-11-5-3-6-12(8-11)18-14-10(9-16)4-2-7-13(14)15/h2,4,7,11-12H,3,5-6,8-9,16H2,1H3. The van der Waals surface area contributed by atoms with E-state index in [1.54, 1.807) is 7.11 Å². The van der Waals surface area contributed by atoms with Gasteiger partial charge in [-0.1, -0.05) is 12.1 Å². The Morgan fingerprint density at radius 2 is 2.11 bits per heavy atom. The second-order valence-electron chi connectivity index (χ2n) is 4.70. The highest BCUT2D eigenvalue weighted by Crippen LogP contribution is 2.33. The van der Waals surface area contributed by atoms with Crippen LogP contribution >= 0.6 is 15.9 Å². The summed E-state index contributed by atoms with van der Waals surface area (Å²) in [6, 6.07) is 5.99. The zero-order chi connectivity index (χ0) is 13.0. The van der Waals surface area contributed by atoms with Crippen molar-refractivity contribution in [2.75, 3.05) is 7.11 Å². The van der Waals surface area contributed by atoms with Crippen LogP contribution in [0.2, 0.25) is 0 Å². The van der Waals surface area contributed by atoms with Crippen molar-refractivity contribution in [1.82, 2.24) is 0 Å². The summed E-state index contributed by atoms with van der Waals surface area (Å²) in [5, 5.41) is 0. The molecule has 3 nitrogen and oxygen atoms in total. The fourth-order valence-corrected chi connectivity index (χ4v) is 2.94. The van der Waals surface area contributed by atoms with E-state index >= 15 is 0 Å². The van der Waals surface area contributed by atoms with Gasteiger partial charge in [0, 0.05) is 25.6 Å². The molecule has 2 atom stereocenters. The van der Waals surface area contributed by atoms with E-state index in [9.17, 15) is 0 Å². The average molecular weight is 314 g/mol. The van der Waals surface area contributed by atoms with Crippen molar-refractivity contribution in [1.29, 1.82) is 0 Å². The Morgan fingerprint density at radius 3 is 2.83 bits per heavy atom. The van der Waals surface area contributed by atoms with Crippen molar-refractivity contribution in [2.24, 2.45) is 5.73 Å². The van der Waals surface area contributed by atoms with Crippen LogP contribution in [0.25, 0.3) is 0 Å². The minimum atomic E-state index is 0.229. The molecule has 0 amide bonds. The summed E-state index contributed by atoms with van der Waals surface area (Å²) >= 11 is 3.54. The molecule has 0 aromatic heterocycles. The van der Waals surface area contributed by atoms with Gasteiger partial charge in [0.05, 0.1) is 10.6 Å². The van der Waals surface area contributed by atoms with Gasteiger partial charge in [-0.25, -0.2) is 0 Å². The van der Waals surface area contributed by atoms with Crippen molar-refractivity contribution in [2.45, 2.75) is 44.4 Å². The van der Waals surface area contributed by atoms with Gasteiger partial charge in [-0.05, 0) is 41.3 Å². The van der Waals surface area contributed by atoms with Crippen molar-refractivity contribution in [3.8, 4) is 5.75 Å². The van der Waals surface area contributed by atoms with Crippen LogP contribution in [-0.2, 0) is 11.3 Å². The minimum Gasteiger partial charge on any atom is -0.489 e. The second kappa shape index (κ2) is 6.55. The molecular weight excluding hydrogens is 294 g/mol. The SMILES string of the molecule is COC1CCCC(Oc2c(Br)cccc2CN)C1. The molecule has 1 aromatic rings. The van der Waals surface area contributed by atoms with Gasteiger partial charge in [0.2, 0.25) is 0 Å². The lowest BCUT2D eigenvalue weighted by Gasteiger charge is -2.29. The van der Waals surface area contributed by atoms with Gasteiger partial charge in [0.25, 0.3) is 0 Å². The van der Waals surface area contributed by atoms with Gasteiger partial charge >= 0.3 is 0 Å². The fourth-order valence-electron chi connectivity index (χ4n) is 2.44. The first-order valence-corrected chi connectivity index (χ1v) is 7.20. The van der Waals surface area contributed by atoms with E-state index in [1.165, 1.54) is 0 Å². The highest BCUT2D eigenvalue weighted by Gasteiger charge is 2.24. The summed E-state index contributed by atoms with van der Waals surface area (Å²) < 4.78 is 12.5. The Morgan fingerprint density at radius 1 is 1.33 bits per heavy atom. The lowest BCUT2D eigenvalue weighted by molar-refractivity contribution is 0.0204. The molecule has 0 aliphatic heterocycles. The highest BCUT2D eigenvalue weighted by atomic mass is 79.9. The maximum absolute atomic E-state index is 6.13. The molecule has 0 radical (unpaired) electrons. The predicted molar refractivity (Wildman–Crippen MR) is 75.7 cm³/mol. The first-order chi connectivity index (χ1) is 8.74. The van der Waals surface area contributed by atoms with Gasteiger partial charge in [0.1, 0.15) is 11.9 Å². The summed E-state index contributed by atoms with van der Waals surface area (Å²) in [5.41, 5.74) is 6.80. The van der Waals surface area contributed by atoms with Crippen molar-refractivity contribution in [3.05, 3.63) is 28.2 Å². The Kier molecular flexibility index (Phi) is 5.03. The third-order valence-electron chi connectivity index (χ3n) is 3.46. The van der Waals surface area contributed by atoms with Crippen molar-refractivity contribution in [3.63, 3.8) is 0 Å². The van der Waals surface area contributed by atoms with Crippen LogP contribution < -0.4 is 10.5 Å². The molecule has 1 aliphatic carbocycles. The molecule has 100 valence electrons. The maximum Gasteiger partial charge on any atom is 0.138 e. The van der Waals surface area contributed by atoms with E-state index in [4.69, 9.17) is 15.2 Å². The van der Waals surface area contributed by atoms with Crippen molar-refractivity contribution < 1.29 is 9.47 Å².